The molecule has 1 atom stereocenters. The average molecular weight is 427 g/mol. The minimum Gasteiger partial charge on any atom is -0.494 e. The molecule has 0 fully saturated rings. The second-order valence-corrected chi connectivity index (χ2v) is 8.89. The Hall–Kier alpha value is -2.28. The van der Waals surface area contributed by atoms with Crippen LogP contribution in [0.15, 0.2) is 40.7 Å². The van der Waals surface area contributed by atoms with E-state index < -0.39 is 0 Å². The number of carbonyl (C=O) groups excluding carboxylic acids is 1. The number of nitrogens with one attached hydrogen (secondary N) is 1. The lowest BCUT2D eigenvalue weighted by molar-refractivity contribution is -0.116. The minimum atomic E-state index is -0.234. The summed E-state index contributed by atoms with van der Waals surface area (Å²) in [4.78, 5) is 17.6. The lowest BCUT2D eigenvalue weighted by Gasteiger charge is -2.32. The maximum atomic E-state index is 12.9. The molecule has 1 N–H and O–H groups in total. The Labute approximate surface area is 182 Å². The molecule has 2 aliphatic rings. The van der Waals surface area contributed by atoms with Crippen molar-refractivity contribution < 1.29 is 9.53 Å². The Kier molecular flexibility index (Phi) is 6.77. The number of nitrogens with zero attached hydrogens (tertiary/aromatic N) is 3. The summed E-state index contributed by atoms with van der Waals surface area (Å²) in [5.74, 6) is 2.80. The van der Waals surface area contributed by atoms with Gasteiger partial charge in [0.25, 0.3) is 0 Å². The van der Waals surface area contributed by atoms with Gasteiger partial charge in [-0.15, -0.1) is 5.10 Å². The zero-order valence-electron chi connectivity index (χ0n) is 17.8. The molecule has 0 saturated carbocycles. The maximum absolute atomic E-state index is 12.9. The molecule has 0 saturated heterocycles. The van der Waals surface area contributed by atoms with E-state index in [0.29, 0.717) is 6.42 Å². The first kappa shape index (κ1) is 21.0. The molecule has 1 aliphatic carbocycles. The first-order chi connectivity index (χ1) is 14.7. The molecule has 1 unspecified atom stereocenters. The molecule has 6 nitrogen and oxygen atoms in total. The number of benzene rings is 1. The molecule has 1 aliphatic heterocycles. The van der Waals surface area contributed by atoms with Gasteiger partial charge in [0.05, 0.1) is 6.61 Å². The third-order valence-corrected chi connectivity index (χ3v) is 6.46. The summed E-state index contributed by atoms with van der Waals surface area (Å²) in [6, 6.07) is 7.86. The van der Waals surface area contributed by atoms with Crippen LogP contribution in [0.4, 0.5) is 5.95 Å². The second-order valence-electron chi connectivity index (χ2n) is 7.83. The number of ketones is 1. The number of unbranched alkanes of at least 4 members (excludes halogenated alkanes) is 2. The highest BCUT2D eigenvalue weighted by Crippen LogP contribution is 2.40. The number of anilines is 1. The van der Waals surface area contributed by atoms with Crippen LogP contribution in [0.1, 0.15) is 70.4 Å². The van der Waals surface area contributed by atoms with Gasteiger partial charge in [0.15, 0.2) is 5.78 Å². The molecule has 7 heteroatoms. The predicted octanol–water partition coefficient (Wildman–Crippen LogP) is 5.37. The standard InChI is InChI=1S/C23H30N4O2S/c1-3-5-14-29-17-12-10-16(11-13-17)21-20-18(8-7-9-19(20)28)24-22-25-23(26-27(21)22)30-15-6-4-2/h10-13,21H,3-9,14-15H2,1-2H3,(H,24,25,26). The van der Waals surface area contributed by atoms with Crippen LogP contribution in [0.3, 0.4) is 0 Å². The van der Waals surface area contributed by atoms with E-state index >= 15 is 0 Å². The van der Waals surface area contributed by atoms with Crippen molar-refractivity contribution in [1.29, 1.82) is 0 Å². The molecule has 0 amide bonds. The van der Waals surface area contributed by atoms with Crippen LogP contribution >= 0.6 is 11.8 Å². The van der Waals surface area contributed by atoms with Crippen molar-refractivity contribution in [3.05, 3.63) is 41.1 Å². The number of Topliss-reactive ketones (excluding diaryl/α,β-unsaturated/α-hetero) is 1. The van der Waals surface area contributed by atoms with Crippen molar-refractivity contribution in [2.24, 2.45) is 0 Å². The van der Waals surface area contributed by atoms with Crippen LogP contribution in [0.2, 0.25) is 0 Å². The quantitative estimate of drug-likeness (QED) is 0.429. The number of hydrogen-bond donors (Lipinski definition) is 1. The van der Waals surface area contributed by atoms with Crippen LogP contribution in [0.25, 0.3) is 0 Å². The summed E-state index contributed by atoms with van der Waals surface area (Å²) in [6.45, 7) is 5.06. The SMILES string of the molecule is CCCCOc1ccc(C2C3=C(CCCC3=O)Nc3nc(SCCCC)nn32)cc1. The number of hydrogen-bond acceptors (Lipinski definition) is 6. The van der Waals surface area contributed by atoms with Gasteiger partial charge in [0.2, 0.25) is 11.1 Å². The van der Waals surface area contributed by atoms with Crippen molar-refractivity contribution >= 4 is 23.5 Å². The van der Waals surface area contributed by atoms with Crippen molar-refractivity contribution in [3.63, 3.8) is 0 Å². The van der Waals surface area contributed by atoms with Gasteiger partial charge >= 0.3 is 0 Å². The highest BCUT2D eigenvalue weighted by atomic mass is 32.2. The predicted molar refractivity (Wildman–Crippen MR) is 120 cm³/mol. The summed E-state index contributed by atoms with van der Waals surface area (Å²) < 4.78 is 7.71. The summed E-state index contributed by atoms with van der Waals surface area (Å²) in [5.41, 5.74) is 2.88. The molecule has 30 heavy (non-hydrogen) atoms. The summed E-state index contributed by atoms with van der Waals surface area (Å²) in [7, 11) is 0. The van der Waals surface area contributed by atoms with Crippen LogP contribution < -0.4 is 10.1 Å². The number of fused-ring (bicyclic) bond motifs is 1. The van der Waals surface area contributed by atoms with Crippen molar-refractivity contribution in [2.75, 3.05) is 17.7 Å². The molecule has 1 aromatic carbocycles. The smallest absolute Gasteiger partial charge is 0.227 e. The Morgan fingerprint density at radius 2 is 1.97 bits per heavy atom. The largest absolute Gasteiger partial charge is 0.494 e. The summed E-state index contributed by atoms with van der Waals surface area (Å²) >= 11 is 1.68. The molecule has 160 valence electrons. The van der Waals surface area contributed by atoms with E-state index in [0.717, 1.165) is 84.6 Å². The fourth-order valence-electron chi connectivity index (χ4n) is 3.89. The number of rotatable bonds is 9. The molecule has 0 radical (unpaired) electrons. The Morgan fingerprint density at radius 1 is 1.17 bits per heavy atom. The molecule has 0 spiro atoms. The Bertz CT molecular complexity index is 920. The Morgan fingerprint density at radius 3 is 2.73 bits per heavy atom. The first-order valence-corrected chi connectivity index (χ1v) is 12.0. The van der Waals surface area contributed by atoms with E-state index in [9.17, 15) is 4.79 Å². The highest BCUT2D eigenvalue weighted by molar-refractivity contribution is 7.99. The van der Waals surface area contributed by atoms with Gasteiger partial charge in [-0.05, 0) is 43.4 Å². The van der Waals surface area contributed by atoms with Gasteiger partial charge in [-0.25, -0.2) is 4.68 Å². The normalized spacial score (nSPS) is 18.1. The van der Waals surface area contributed by atoms with Crippen molar-refractivity contribution in [1.82, 2.24) is 14.8 Å². The van der Waals surface area contributed by atoms with Gasteiger partial charge in [-0.2, -0.15) is 4.98 Å². The van der Waals surface area contributed by atoms with E-state index in [-0.39, 0.29) is 11.8 Å². The molecule has 1 aromatic heterocycles. The highest BCUT2D eigenvalue weighted by Gasteiger charge is 2.36. The van der Waals surface area contributed by atoms with E-state index in [1.165, 1.54) is 0 Å². The summed E-state index contributed by atoms with van der Waals surface area (Å²) in [6.07, 6.45) is 6.80. The maximum Gasteiger partial charge on any atom is 0.227 e. The zero-order valence-corrected chi connectivity index (χ0v) is 18.6. The van der Waals surface area contributed by atoms with E-state index in [1.807, 2.05) is 16.8 Å². The zero-order chi connectivity index (χ0) is 20.9. The molecule has 2 aromatic rings. The van der Waals surface area contributed by atoms with Crippen molar-refractivity contribution in [3.8, 4) is 5.75 Å². The third-order valence-electron chi connectivity index (χ3n) is 5.54. The average Bonchev–Trinajstić information content (AvgIpc) is 3.16. The van der Waals surface area contributed by atoms with E-state index in [4.69, 9.17) is 14.8 Å². The summed E-state index contributed by atoms with van der Waals surface area (Å²) in [5, 5.41) is 8.94. The van der Waals surface area contributed by atoms with Crippen LogP contribution in [0.5, 0.6) is 5.75 Å². The van der Waals surface area contributed by atoms with E-state index in [1.54, 1.807) is 11.8 Å². The fourth-order valence-corrected chi connectivity index (χ4v) is 4.81. The van der Waals surface area contributed by atoms with Gasteiger partial charge in [0, 0.05) is 23.4 Å². The van der Waals surface area contributed by atoms with Gasteiger partial charge in [-0.1, -0.05) is 50.6 Å². The number of aromatic nitrogens is 3. The van der Waals surface area contributed by atoms with Gasteiger partial charge in [-0.3, -0.25) is 4.79 Å². The van der Waals surface area contributed by atoms with Crippen molar-refractivity contribution in [2.45, 2.75) is 70.0 Å². The van der Waals surface area contributed by atoms with Crippen LogP contribution in [-0.4, -0.2) is 32.9 Å². The van der Waals surface area contributed by atoms with Crippen LogP contribution in [0, 0.1) is 0 Å². The fraction of sp³-hybridized carbons (Fsp3) is 0.522. The number of allylic oxidation sites excluding steroid dienone is 2. The second kappa shape index (κ2) is 9.69. The number of carbonyl (C=O) groups is 1. The van der Waals surface area contributed by atoms with E-state index in [2.05, 4.69) is 31.3 Å². The number of thioether (sulfide) groups is 1. The number of ether oxygens (including phenoxy) is 1. The lowest BCUT2D eigenvalue weighted by Crippen LogP contribution is -2.31. The Balaban J connectivity index is 1.65. The molecule has 2 heterocycles. The first-order valence-electron chi connectivity index (χ1n) is 11.1. The third kappa shape index (κ3) is 4.41. The van der Waals surface area contributed by atoms with Crippen LogP contribution in [-0.2, 0) is 4.79 Å². The van der Waals surface area contributed by atoms with Gasteiger partial charge < -0.3 is 10.1 Å². The topological polar surface area (TPSA) is 69.0 Å². The molecular formula is C23H30N4O2S. The monoisotopic (exact) mass is 426 g/mol. The molecule has 4 rings (SSSR count). The minimum absolute atomic E-state index is 0.207. The van der Waals surface area contributed by atoms with Gasteiger partial charge in [0.1, 0.15) is 11.8 Å². The molecular weight excluding hydrogens is 396 g/mol. The lowest BCUT2D eigenvalue weighted by atomic mass is 9.85. The molecule has 0 bridgehead atoms.